The first-order valence-corrected chi connectivity index (χ1v) is 8.12. The number of benzene rings is 2. The molecule has 1 aliphatic rings. The number of rotatable bonds is 2. The quantitative estimate of drug-likeness (QED) is 0.895. The molecule has 1 amide bonds. The first kappa shape index (κ1) is 15.6. The molecule has 0 bridgehead atoms. The van der Waals surface area contributed by atoms with Gasteiger partial charge >= 0.3 is 0 Å². The third kappa shape index (κ3) is 3.09. The van der Waals surface area contributed by atoms with Crippen LogP contribution in [0.1, 0.15) is 38.8 Å². The number of nitrogens with zero attached hydrogens (tertiary/aromatic N) is 1. The molecule has 0 aliphatic carbocycles. The standard InChI is InChI=1S/C20H24N2O/c1-14-19(23)22(18-8-6-5-7-17(18)21-14)13-15-9-11-16(12-10-15)20(2,3)4/h5-12,14,21H,13H2,1-4H3. The van der Waals surface area contributed by atoms with Gasteiger partial charge in [0, 0.05) is 0 Å². The summed E-state index contributed by atoms with van der Waals surface area (Å²) in [5.74, 6) is 0.114. The van der Waals surface area contributed by atoms with Crippen LogP contribution in [0.15, 0.2) is 48.5 Å². The van der Waals surface area contributed by atoms with Gasteiger partial charge in [-0.3, -0.25) is 4.79 Å². The first-order chi connectivity index (χ1) is 10.9. The van der Waals surface area contributed by atoms with Crippen molar-refractivity contribution in [2.24, 2.45) is 0 Å². The second-order valence-corrected chi connectivity index (χ2v) is 7.25. The van der Waals surface area contributed by atoms with Crippen molar-refractivity contribution in [1.82, 2.24) is 0 Å². The maximum absolute atomic E-state index is 12.6. The molecule has 3 rings (SSSR count). The summed E-state index contributed by atoms with van der Waals surface area (Å²) in [6.07, 6.45) is 0. The molecule has 1 N–H and O–H groups in total. The Morgan fingerprint density at radius 2 is 1.70 bits per heavy atom. The summed E-state index contributed by atoms with van der Waals surface area (Å²) in [6.45, 7) is 9.14. The predicted octanol–water partition coefficient (Wildman–Crippen LogP) is 4.33. The minimum absolute atomic E-state index is 0.114. The summed E-state index contributed by atoms with van der Waals surface area (Å²) in [5.41, 5.74) is 4.57. The van der Waals surface area contributed by atoms with Crippen LogP contribution in [0.5, 0.6) is 0 Å². The van der Waals surface area contributed by atoms with Crippen molar-refractivity contribution in [1.29, 1.82) is 0 Å². The molecule has 1 heterocycles. The Hall–Kier alpha value is -2.29. The highest BCUT2D eigenvalue weighted by molar-refractivity contribution is 6.04. The Kier molecular flexibility index (Phi) is 3.88. The molecule has 0 spiro atoms. The minimum Gasteiger partial charge on any atom is -0.372 e. The summed E-state index contributed by atoms with van der Waals surface area (Å²) in [5, 5.41) is 3.26. The van der Waals surface area contributed by atoms with E-state index in [0.29, 0.717) is 6.54 Å². The molecule has 3 nitrogen and oxygen atoms in total. The van der Waals surface area contributed by atoms with E-state index in [4.69, 9.17) is 0 Å². The van der Waals surface area contributed by atoms with Crippen molar-refractivity contribution in [2.45, 2.75) is 45.7 Å². The summed E-state index contributed by atoms with van der Waals surface area (Å²) in [4.78, 5) is 14.5. The van der Waals surface area contributed by atoms with Gasteiger partial charge in [-0.05, 0) is 35.6 Å². The van der Waals surface area contributed by atoms with Crippen LogP contribution in [0.2, 0.25) is 0 Å². The molecule has 0 radical (unpaired) electrons. The molecule has 0 saturated carbocycles. The van der Waals surface area contributed by atoms with E-state index < -0.39 is 0 Å². The van der Waals surface area contributed by atoms with Crippen molar-refractivity contribution < 1.29 is 4.79 Å². The van der Waals surface area contributed by atoms with E-state index >= 15 is 0 Å². The number of anilines is 2. The van der Waals surface area contributed by atoms with E-state index in [9.17, 15) is 4.79 Å². The molecule has 0 fully saturated rings. The first-order valence-electron chi connectivity index (χ1n) is 8.12. The molecule has 2 aromatic carbocycles. The molecule has 0 saturated heterocycles. The van der Waals surface area contributed by atoms with Gasteiger partial charge in [0.15, 0.2) is 0 Å². The average molecular weight is 308 g/mol. The molecule has 1 unspecified atom stereocenters. The summed E-state index contributed by atoms with van der Waals surface area (Å²) < 4.78 is 0. The normalized spacial score (nSPS) is 17.7. The van der Waals surface area contributed by atoms with E-state index in [0.717, 1.165) is 16.9 Å². The minimum atomic E-state index is -0.196. The number of hydrogen-bond acceptors (Lipinski definition) is 2. The Morgan fingerprint density at radius 3 is 2.35 bits per heavy atom. The zero-order valence-corrected chi connectivity index (χ0v) is 14.3. The van der Waals surface area contributed by atoms with Gasteiger partial charge < -0.3 is 10.2 Å². The monoisotopic (exact) mass is 308 g/mol. The fraction of sp³-hybridized carbons (Fsp3) is 0.350. The Bertz CT molecular complexity index is 713. The lowest BCUT2D eigenvalue weighted by Crippen LogP contribution is -2.45. The van der Waals surface area contributed by atoms with Crippen molar-refractivity contribution >= 4 is 17.3 Å². The van der Waals surface area contributed by atoms with Crippen LogP contribution in [0.25, 0.3) is 0 Å². The zero-order valence-electron chi connectivity index (χ0n) is 14.3. The lowest BCUT2D eigenvalue weighted by atomic mass is 9.86. The number of fused-ring (bicyclic) bond motifs is 1. The maximum Gasteiger partial charge on any atom is 0.249 e. The van der Waals surface area contributed by atoms with Crippen molar-refractivity contribution in [3.8, 4) is 0 Å². The lowest BCUT2D eigenvalue weighted by molar-refractivity contribution is -0.119. The molecule has 3 heteroatoms. The SMILES string of the molecule is CC1Nc2ccccc2N(Cc2ccc(C(C)(C)C)cc2)C1=O. The van der Waals surface area contributed by atoms with Crippen molar-refractivity contribution in [3.05, 3.63) is 59.7 Å². The Balaban J connectivity index is 1.88. The van der Waals surface area contributed by atoms with Gasteiger partial charge in [-0.2, -0.15) is 0 Å². The van der Waals surface area contributed by atoms with Crippen LogP contribution in [-0.2, 0) is 16.8 Å². The number of amides is 1. The number of para-hydroxylation sites is 2. The number of hydrogen-bond donors (Lipinski definition) is 1. The van der Waals surface area contributed by atoms with E-state index in [-0.39, 0.29) is 17.4 Å². The molecule has 1 aliphatic heterocycles. The van der Waals surface area contributed by atoms with Crippen LogP contribution >= 0.6 is 0 Å². The molecule has 1 atom stereocenters. The Morgan fingerprint density at radius 1 is 1.04 bits per heavy atom. The van der Waals surface area contributed by atoms with Crippen LogP contribution in [0, 0.1) is 0 Å². The zero-order chi connectivity index (χ0) is 16.6. The van der Waals surface area contributed by atoms with Gasteiger partial charge in [0.2, 0.25) is 5.91 Å². The van der Waals surface area contributed by atoms with Gasteiger partial charge in [-0.25, -0.2) is 0 Å². The van der Waals surface area contributed by atoms with Gasteiger partial charge in [0.25, 0.3) is 0 Å². The fourth-order valence-corrected chi connectivity index (χ4v) is 2.93. The second kappa shape index (κ2) is 5.73. The predicted molar refractivity (Wildman–Crippen MR) is 95.9 cm³/mol. The summed E-state index contributed by atoms with van der Waals surface area (Å²) in [7, 11) is 0. The van der Waals surface area contributed by atoms with E-state index in [1.165, 1.54) is 5.56 Å². The van der Waals surface area contributed by atoms with Gasteiger partial charge in [-0.1, -0.05) is 57.2 Å². The summed E-state index contributed by atoms with van der Waals surface area (Å²) in [6, 6.07) is 16.4. The third-order valence-corrected chi connectivity index (χ3v) is 4.36. The van der Waals surface area contributed by atoms with E-state index in [1.807, 2.05) is 36.1 Å². The van der Waals surface area contributed by atoms with Crippen molar-refractivity contribution in [2.75, 3.05) is 10.2 Å². The fourth-order valence-electron chi connectivity index (χ4n) is 2.93. The molecule has 2 aromatic rings. The van der Waals surface area contributed by atoms with E-state index in [1.54, 1.807) is 0 Å². The number of carbonyl (C=O) groups excluding carboxylic acids is 1. The largest absolute Gasteiger partial charge is 0.372 e. The van der Waals surface area contributed by atoms with Crippen LogP contribution in [-0.4, -0.2) is 11.9 Å². The molecular weight excluding hydrogens is 284 g/mol. The smallest absolute Gasteiger partial charge is 0.249 e. The van der Waals surface area contributed by atoms with Gasteiger partial charge in [0.05, 0.1) is 17.9 Å². The van der Waals surface area contributed by atoms with Gasteiger partial charge in [0.1, 0.15) is 6.04 Å². The number of carbonyl (C=O) groups is 1. The lowest BCUT2D eigenvalue weighted by Gasteiger charge is -2.34. The van der Waals surface area contributed by atoms with Crippen LogP contribution < -0.4 is 10.2 Å². The van der Waals surface area contributed by atoms with Crippen molar-refractivity contribution in [3.63, 3.8) is 0 Å². The molecule has 0 aromatic heterocycles. The molecule has 23 heavy (non-hydrogen) atoms. The second-order valence-electron chi connectivity index (χ2n) is 7.25. The average Bonchev–Trinajstić information content (AvgIpc) is 2.51. The van der Waals surface area contributed by atoms with Gasteiger partial charge in [-0.15, -0.1) is 0 Å². The number of nitrogens with one attached hydrogen (secondary N) is 1. The highest BCUT2D eigenvalue weighted by Gasteiger charge is 2.29. The summed E-state index contributed by atoms with van der Waals surface area (Å²) >= 11 is 0. The maximum atomic E-state index is 12.6. The van der Waals surface area contributed by atoms with Crippen LogP contribution in [0.4, 0.5) is 11.4 Å². The Labute approximate surface area is 138 Å². The molecular formula is C20H24N2O. The molecule has 120 valence electrons. The third-order valence-electron chi connectivity index (χ3n) is 4.36. The topological polar surface area (TPSA) is 32.3 Å². The highest BCUT2D eigenvalue weighted by Crippen LogP contribution is 2.32. The van der Waals surface area contributed by atoms with E-state index in [2.05, 4.69) is 50.4 Å². The highest BCUT2D eigenvalue weighted by atomic mass is 16.2. The van der Waals surface area contributed by atoms with Crippen LogP contribution in [0.3, 0.4) is 0 Å².